The summed E-state index contributed by atoms with van der Waals surface area (Å²) in [5.74, 6) is 1.08. The summed E-state index contributed by atoms with van der Waals surface area (Å²) in [6.07, 6.45) is 4.19. The number of carbonyl (C=O) groups is 1. The van der Waals surface area contributed by atoms with Gasteiger partial charge in [0.15, 0.2) is 11.6 Å². The summed E-state index contributed by atoms with van der Waals surface area (Å²) in [5, 5.41) is 16.5. The number of nitrogens with zero attached hydrogens (tertiary/aromatic N) is 1. The van der Waals surface area contributed by atoms with Crippen LogP contribution in [0.15, 0.2) is 107 Å². The molecule has 0 spiro atoms. The summed E-state index contributed by atoms with van der Waals surface area (Å²) < 4.78 is 33.4. The van der Waals surface area contributed by atoms with Gasteiger partial charge in [-0.3, -0.25) is 4.79 Å². The van der Waals surface area contributed by atoms with Gasteiger partial charge in [-0.1, -0.05) is 30.3 Å². The van der Waals surface area contributed by atoms with Crippen LogP contribution in [0.3, 0.4) is 0 Å². The van der Waals surface area contributed by atoms with Gasteiger partial charge in [0.1, 0.15) is 28.8 Å². The molecule has 3 aromatic carbocycles. The summed E-state index contributed by atoms with van der Waals surface area (Å²) in [4.78, 5) is 33.7. The van der Waals surface area contributed by atoms with Crippen LogP contribution in [-0.4, -0.2) is 37.3 Å². The molecule has 6 aromatic rings. The summed E-state index contributed by atoms with van der Waals surface area (Å²) >= 11 is 1.67. The Morgan fingerprint density at radius 3 is 2.53 bits per heavy atom. The second-order valence-corrected chi connectivity index (χ2v) is 12.3. The van der Waals surface area contributed by atoms with Crippen molar-refractivity contribution >= 4 is 46.0 Å². The molecular formula is C35H29F2N5O4S. The van der Waals surface area contributed by atoms with Crippen LogP contribution in [0.4, 0.5) is 26.1 Å². The van der Waals surface area contributed by atoms with Crippen molar-refractivity contribution in [1.29, 1.82) is 0 Å². The molecule has 7 rings (SSSR count). The molecule has 47 heavy (non-hydrogen) atoms. The van der Waals surface area contributed by atoms with Crippen molar-refractivity contribution in [3.05, 3.63) is 125 Å². The number of anilines is 3. The second kappa shape index (κ2) is 13.0. The van der Waals surface area contributed by atoms with Gasteiger partial charge in [0.25, 0.3) is 0 Å². The van der Waals surface area contributed by atoms with Crippen LogP contribution >= 0.6 is 11.8 Å². The van der Waals surface area contributed by atoms with Gasteiger partial charge in [0.2, 0.25) is 5.43 Å². The molecule has 4 heterocycles. The first kappa shape index (κ1) is 31.4. The van der Waals surface area contributed by atoms with E-state index in [1.165, 1.54) is 36.5 Å². The van der Waals surface area contributed by atoms with Gasteiger partial charge in [-0.25, -0.2) is 18.6 Å². The number of hydrogen-bond donors (Lipinski definition) is 5. The molecule has 238 valence electrons. The first-order chi connectivity index (χ1) is 22.6. The number of fused-ring (bicyclic) bond motifs is 2. The van der Waals surface area contributed by atoms with Crippen molar-refractivity contribution in [2.75, 3.05) is 16.4 Å². The highest BCUT2D eigenvalue weighted by Crippen LogP contribution is 2.43. The smallest absolute Gasteiger partial charge is 0.341 e. The van der Waals surface area contributed by atoms with E-state index in [0.29, 0.717) is 17.0 Å². The molecule has 1 aliphatic rings. The Morgan fingerprint density at radius 1 is 1.00 bits per heavy atom. The number of rotatable bonds is 6. The van der Waals surface area contributed by atoms with Crippen LogP contribution in [0.1, 0.15) is 24.2 Å². The molecule has 0 aliphatic carbocycles. The predicted octanol–water partition coefficient (Wildman–Crippen LogP) is 8.41. The predicted molar refractivity (Wildman–Crippen MR) is 180 cm³/mol. The fourth-order valence-electron chi connectivity index (χ4n) is 4.91. The van der Waals surface area contributed by atoms with Crippen LogP contribution in [0.5, 0.6) is 11.5 Å². The highest BCUT2D eigenvalue weighted by molar-refractivity contribution is 7.99. The maximum absolute atomic E-state index is 14.8. The van der Waals surface area contributed by atoms with E-state index in [4.69, 9.17) is 9.84 Å². The standard InChI is InChI=1S/C23H21FN4OS.C12H8FNO3/c1-23(2)13-30-21-19(9-10-25-22(21)28-23)29-18-8-7-15(12-16(18)24)26-20-11-14-5-3-4-6-17(14)27-20;13-8-3-1-7(2-4-8)9-5-14-6-10(11(9)15)12(16)17/h3-12,26-27H,13H2,1-2H3,(H,25,28);1-6H,(H,14,15)(H,16,17). The quantitative estimate of drug-likeness (QED) is 0.121. The maximum atomic E-state index is 14.8. The van der Waals surface area contributed by atoms with E-state index in [1.807, 2.05) is 30.3 Å². The molecule has 0 amide bonds. The van der Waals surface area contributed by atoms with Crippen molar-refractivity contribution in [1.82, 2.24) is 15.0 Å². The van der Waals surface area contributed by atoms with Gasteiger partial charge in [0.05, 0.1) is 4.90 Å². The number of H-pyrrole nitrogens is 2. The SMILES string of the molecule is CC1(C)CSc2c(Oc3ccc(Nc4cc5ccccc5[nH]4)cc3F)ccnc2N1.O=C(O)c1c[nH]cc(-c2ccc(F)cc2)c1=O. The molecule has 0 saturated heterocycles. The number of carboxylic acids is 1. The van der Waals surface area contributed by atoms with Crippen LogP contribution in [0.25, 0.3) is 22.0 Å². The number of nitrogens with one attached hydrogen (secondary N) is 4. The lowest BCUT2D eigenvalue weighted by atomic mass is 10.1. The van der Waals surface area contributed by atoms with Crippen LogP contribution in [0.2, 0.25) is 0 Å². The van der Waals surface area contributed by atoms with Gasteiger partial charge in [-0.05, 0) is 55.8 Å². The number of thioether (sulfide) groups is 1. The normalized spacial score (nSPS) is 13.1. The molecule has 0 bridgehead atoms. The van der Waals surface area contributed by atoms with Gasteiger partial charge >= 0.3 is 5.97 Å². The Morgan fingerprint density at radius 2 is 1.79 bits per heavy atom. The zero-order chi connectivity index (χ0) is 33.1. The molecule has 3 aromatic heterocycles. The number of ether oxygens (including phenoxy) is 1. The highest BCUT2D eigenvalue weighted by atomic mass is 32.2. The molecule has 5 N–H and O–H groups in total. The van der Waals surface area contributed by atoms with E-state index in [0.717, 1.165) is 39.4 Å². The van der Waals surface area contributed by atoms with E-state index >= 15 is 0 Å². The third-order valence-electron chi connectivity index (χ3n) is 7.19. The van der Waals surface area contributed by atoms with Crippen molar-refractivity contribution in [2.24, 2.45) is 0 Å². The van der Waals surface area contributed by atoms with E-state index in [1.54, 1.807) is 36.2 Å². The zero-order valence-corrected chi connectivity index (χ0v) is 26.0. The van der Waals surface area contributed by atoms with Crippen molar-refractivity contribution in [3.63, 3.8) is 0 Å². The number of halogens is 2. The lowest BCUT2D eigenvalue weighted by Gasteiger charge is -2.32. The zero-order valence-electron chi connectivity index (χ0n) is 25.2. The molecule has 0 saturated carbocycles. The first-order valence-electron chi connectivity index (χ1n) is 14.5. The number of hydrogen-bond acceptors (Lipinski definition) is 7. The molecule has 0 atom stereocenters. The summed E-state index contributed by atoms with van der Waals surface area (Å²) in [5.41, 5.74) is 1.35. The van der Waals surface area contributed by atoms with E-state index < -0.39 is 23.0 Å². The topological polar surface area (TPSA) is 132 Å². The highest BCUT2D eigenvalue weighted by Gasteiger charge is 2.28. The Kier molecular flexibility index (Phi) is 8.68. The van der Waals surface area contributed by atoms with Crippen molar-refractivity contribution in [3.8, 4) is 22.6 Å². The third-order valence-corrected chi connectivity index (χ3v) is 8.74. The lowest BCUT2D eigenvalue weighted by molar-refractivity contribution is 0.0695. The number of aromatic amines is 2. The minimum absolute atomic E-state index is 0.0511. The summed E-state index contributed by atoms with van der Waals surface area (Å²) in [7, 11) is 0. The molecule has 0 fully saturated rings. The summed E-state index contributed by atoms with van der Waals surface area (Å²) in [6.45, 7) is 4.24. The largest absolute Gasteiger partial charge is 0.477 e. The van der Waals surface area contributed by atoms with Gasteiger partial charge in [-0.15, -0.1) is 11.8 Å². The Balaban J connectivity index is 0.000000193. The monoisotopic (exact) mass is 653 g/mol. The van der Waals surface area contributed by atoms with Gasteiger partial charge in [-0.2, -0.15) is 0 Å². The van der Waals surface area contributed by atoms with Crippen molar-refractivity contribution < 1.29 is 23.4 Å². The fraction of sp³-hybridized carbons (Fsp3) is 0.114. The summed E-state index contributed by atoms with van der Waals surface area (Å²) in [6, 6.07) is 21.9. The van der Waals surface area contributed by atoms with E-state index in [2.05, 4.69) is 39.4 Å². The number of carboxylic acid groups (broad SMARTS) is 1. The Bertz CT molecular complexity index is 2110. The average Bonchev–Trinajstić information content (AvgIpc) is 3.45. The lowest BCUT2D eigenvalue weighted by Crippen LogP contribution is -2.36. The van der Waals surface area contributed by atoms with Crippen LogP contribution < -0.4 is 20.8 Å². The van der Waals surface area contributed by atoms with Crippen molar-refractivity contribution in [2.45, 2.75) is 24.3 Å². The first-order valence-corrected chi connectivity index (χ1v) is 15.5. The number of pyridine rings is 2. The van der Waals surface area contributed by atoms with Crippen LogP contribution in [0, 0.1) is 11.6 Å². The number of para-hydroxylation sites is 1. The van der Waals surface area contributed by atoms with Gasteiger partial charge in [0, 0.05) is 64.2 Å². The van der Waals surface area contributed by atoms with Gasteiger partial charge < -0.3 is 30.4 Å². The number of aromatic nitrogens is 3. The molecular weight excluding hydrogens is 624 g/mol. The molecule has 1 aliphatic heterocycles. The molecule has 0 unspecified atom stereocenters. The van der Waals surface area contributed by atoms with Crippen LogP contribution in [-0.2, 0) is 0 Å². The van der Waals surface area contributed by atoms with E-state index in [-0.39, 0.29) is 22.4 Å². The molecule has 9 nitrogen and oxygen atoms in total. The Hall–Kier alpha value is -5.62. The number of aromatic carboxylic acids is 1. The minimum atomic E-state index is -1.30. The molecule has 0 radical (unpaired) electrons. The Labute approximate surface area is 272 Å². The maximum Gasteiger partial charge on any atom is 0.341 e. The average molecular weight is 654 g/mol. The molecule has 12 heteroatoms. The number of benzene rings is 3. The third kappa shape index (κ3) is 7.12. The second-order valence-electron chi connectivity index (χ2n) is 11.4. The minimum Gasteiger partial charge on any atom is -0.477 e. The van der Waals surface area contributed by atoms with E-state index in [9.17, 15) is 18.4 Å². The fourth-order valence-corrected chi connectivity index (χ4v) is 5.98.